The zero-order chi connectivity index (χ0) is 13.4. The van der Waals surface area contributed by atoms with Gasteiger partial charge in [0.15, 0.2) is 0 Å². The van der Waals surface area contributed by atoms with Gasteiger partial charge in [-0.05, 0) is 27.5 Å². The Balaban J connectivity index is 1.74. The van der Waals surface area contributed by atoms with E-state index >= 15 is 0 Å². The van der Waals surface area contributed by atoms with Crippen molar-refractivity contribution < 1.29 is 0 Å². The second kappa shape index (κ2) is 4.64. The smallest absolute Gasteiger partial charge is 0.0292 e. The molecule has 0 bridgehead atoms. The third-order valence-electron chi connectivity index (χ3n) is 3.87. The summed E-state index contributed by atoms with van der Waals surface area (Å²) >= 11 is 0. The molecule has 3 aromatic carbocycles. The van der Waals surface area contributed by atoms with Gasteiger partial charge in [-0.3, -0.25) is 0 Å². The molecule has 3 aromatic rings. The molecule has 0 fully saturated rings. The topological polar surface area (TPSA) is 0 Å². The van der Waals surface area contributed by atoms with E-state index in [0.29, 0.717) is 0 Å². The molecule has 4 rings (SSSR count). The van der Waals surface area contributed by atoms with E-state index < -0.39 is 0 Å². The van der Waals surface area contributed by atoms with E-state index in [9.17, 15) is 0 Å². The van der Waals surface area contributed by atoms with Gasteiger partial charge in [-0.25, -0.2) is 0 Å². The highest BCUT2D eigenvalue weighted by molar-refractivity contribution is 5.83. The fraction of sp³-hybridized carbons (Fsp3) is 0.0500. The molecule has 0 aromatic heterocycles. The van der Waals surface area contributed by atoms with Crippen LogP contribution in [0.3, 0.4) is 0 Å². The molecule has 1 aliphatic carbocycles. The van der Waals surface area contributed by atoms with Crippen LogP contribution in [-0.4, -0.2) is 0 Å². The lowest BCUT2D eigenvalue weighted by Crippen LogP contribution is -2.03. The van der Waals surface area contributed by atoms with Crippen LogP contribution in [-0.2, 0) is 0 Å². The summed E-state index contributed by atoms with van der Waals surface area (Å²) in [6.45, 7) is 0. The lowest BCUT2D eigenvalue weighted by molar-refractivity contribution is 0.999. The summed E-state index contributed by atoms with van der Waals surface area (Å²) < 4.78 is 0. The predicted molar refractivity (Wildman–Crippen MR) is 84.5 cm³/mol. The molecule has 2 radical (unpaired) electrons. The maximum absolute atomic E-state index is 3.59. The van der Waals surface area contributed by atoms with Crippen molar-refractivity contribution in [3.8, 4) is 0 Å². The van der Waals surface area contributed by atoms with E-state index in [1.165, 1.54) is 27.5 Å². The number of benzene rings is 3. The van der Waals surface area contributed by atoms with E-state index in [4.69, 9.17) is 0 Å². The van der Waals surface area contributed by atoms with Crippen molar-refractivity contribution in [1.82, 2.24) is 0 Å². The highest BCUT2D eigenvalue weighted by atomic mass is 14.2. The first-order chi connectivity index (χ1) is 9.90. The molecule has 1 aliphatic rings. The van der Waals surface area contributed by atoms with Gasteiger partial charge in [-0.15, -0.1) is 0 Å². The Morgan fingerprint density at radius 1 is 0.750 bits per heavy atom. The number of allylic oxidation sites excluding steroid dienone is 1. The molecule has 0 saturated heterocycles. The second-order valence-electron chi connectivity index (χ2n) is 5.17. The molecule has 1 unspecified atom stereocenters. The highest BCUT2D eigenvalue weighted by Crippen LogP contribution is 2.32. The average molecular weight is 254 g/mol. The van der Waals surface area contributed by atoms with Crippen LogP contribution in [0.5, 0.6) is 0 Å². The molecule has 0 saturated carbocycles. The van der Waals surface area contributed by atoms with Gasteiger partial charge in [0.1, 0.15) is 0 Å². The first-order valence-corrected chi connectivity index (χ1v) is 6.93. The van der Waals surface area contributed by atoms with Crippen molar-refractivity contribution in [3.63, 3.8) is 0 Å². The third kappa shape index (κ3) is 1.94. The van der Waals surface area contributed by atoms with E-state index in [0.717, 1.165) is 0 Å². The predicted octanol–water partition coefficient (Wildman–Crippen LogP) is 5.08. The third-order valence-corrected chi connectivity index (χ3v) is 3.87. The van der Waals surface area contributed by atoms with Crippen molar-refractivity contribution in [3.05, 3.63) is 95.9 Å². The SMILES string of the molecule is [C]1c2ccccc2C=CC1c1ccc2ccccc2c1. The molecule has 20 heavy (non-hydrogen) atoms. The fourth-order valence-corrected chi connectivity index (χ4v) is 2.79. The van der Waals surface area contributed by atoms with E-state index in [-0.39, 0.29) is 5.92 Å². The van der Waals surface area contributed by atoms with Crippen LogP contribution < -0.4 is 0 Å². The first kappa shape index (κ1) is 11.5. The second-order valence-corrected chi connectivity index (χ2v) is 5.17. The van der Waals surface area contributed by atoms with E-state index in [1.54, 1.807) is 0 Å². The number of hydrogen-bond acceptors (Lipinski definition) is 0. The minimum atomic E-state index is 0.245. The Bertz CT molecular complexity index is 796. The standard InChI is InChI=1S/C20H14/c1-3-7-17-13-19(11-9-15(17)5-1)20-12-10-16-6-2-4-8-18(16)14-20/h1-13,20H. The van der Waals surface area contributed by atoms with Crippen LogP contribution in [0.2, 0.25) is 0 Å². The van der Waals surface area contributed by atoms with E-state index in [1.807, 2.05) is 0 Å². The zero-order valence-electron chi connectivity index (χ0n) is 11.1. The molecule has 0 nitrogen and oxygen atoms in total. The molecule has 1 atom stereocenters. The lowest BCUT2D eigenvalue weighted by Gasteiger charge is -2.19. The van der Waals surface area contributed by atoms with Crippen LogP contribution in [0.1, 0.15) is 22.6 Å². The minimum Gasteiger partial charge on any atom is -0.0754 e. The number of hydrogen-bond donors (Lipinski definition) is 0. The summed E-state index contributed by atoms with van der Waals surface area (Å²) in [4.78, 5) is 0. The van der Waals surface area contributed by atoms with Gasteiger partial charge in [0.25, 0.3) is 0 Å². The monoisotopic (exact) mass is 254 g/mol. The minimum absolute atomic E-state index is 0.245. The molecule has 0 spiro atoms. The van der Waals surface area contributed by atoms with Crippen LogP contribution in [0.15, 0.2) is 72.8 Å². The molecule has 94 valence electrons. The number of fused-ring (bicyclic) bond motifs is 2. The molecule has 0 heterocycles. The van der Waals surface area contributed by atoms with Gasteiger partial charge in [-0.1, -0.05) is 78.9 Å². The largest absolute Gasteiger partial charge is 0.0754 e. The van der Waals surface area contributed by atoms with Crippen molar-refractivity contribution >= 4 is 16.8 Å². The molecule has 0 heteroatoms. The summed E-state index contributed by atoms with van der Waals surface area (Å²) in [5.74, 6) is 0.245. The van der Waals surface area contributed by atoms with Gasteiger partial charge in [0, 0.05) is 12.3 Å². The van der Waals surface area contributed by atoms with Crippen LogP contribution in [0.25, 0.3) is 16.8 Å². The number of rotatable bonds is 1. The van der Waals surface area contributed by atoms with Crippen LogP contribution in [0, 0.1) is 6.42 Å². The molecular weight excluding hydrogens is 240 g/mol. The molecule has 0 amide bonds. The quantitative estimate of drug-likeness (QED) is 0.568. The van der Waals surface area contributed by atoms with Crippen molar-refractivity contribution in [1.29, 1.82) is 0 Å². The lowest BCUT2D eigenvalue weighted by atomic mass is 9.84. The Morgan fingerprint density at radius 3 is 2.50 bits per heavy atom. The van der Waals surface area contributed by atoms with Crippen LogP contribution >= 0.6 is 0 Å². The van der Waals surface area contributed by atoms with Crippen LogP contribution in [0.4, 0.5) is 0 Å². The summed E-state index contributed by atoms with van der Waals surface area (Å²) in [6, 6.07) is 23.6. The normalized spacial score (nSPS) is 17.1. The van der Waals surface area contributed by atoms with Crippen molar-refractivity contribution in [2.45, 2.75) is 5.92 Å². The van der Waals surface area contributed by atoms with Crippen molar-refractivity contribution in [2.75, 3.05) is 0 Å². The Kier molecular flexibility index (Phi) is 2.67. The van der Waals surface area contributed by atoms with Gasteiger partial charge < -0.3 is 0 Å². The highest BCUT2D eigenvalue weighted by Gasteiger charge is 2.16. The van der Waals surface area contributed by atoms with Gasteiger partial charge >= 0.3 is 0 Å². The molecule has 0 N–H and O–H groups in total. The average Bonchev–Trinajstić information content (AvgIpc) is 2.54. The molecule has 0 aliphatic heterocycles. The fourth-order valence-electron chi connectivity index (χ4n) is 2.79. The molecular formula is C20H14. The zero-order valence-corrected chi connectivity index (χ0v) is 11.1. The Hall–Kier alpha value is -2.34. The van der Waals surface area contributed by atoms with Gasteiger partial charge in [-0.2, -0.15) is 0 Å². The summed E-state index contributed by atoms with van der Waals surface area (Å²) in [5, 5.41) is 2.58. The Morgan fingerprint density at radius 2 is 1.55 bits per heavy atom. The summed E-state index contributed by atoms with van der Waals surface area (Å²) in [5.41, 5.74) is 3.76. The maximum atomic E-state index is 3.59. The summed E-state index contributed by atoms with van der Waals surface area (Å²) in [6.07, 6.45) is 8.02. The summed E-state index contributed by atoms with van der Waals surface area (Å²) in [7, 11) is 0. The van der Waals surface area contributed by atoms with Gasteiger partial charge in [0.2, 0.25) is 0 Å². The Labute approximate surface area is 119 Å². The maximum Gasteiger partial charge on any atom is 0.0292 e. The van der Waals surface area contributed by atoms with Gasteiger partial charge in [0.05, 0.1) is 0 Å². The van der Waals surface area contributed by atoms with Crippen molar-refractivity contribution in [2.24, 2.45) is 0 Å². The van der Waals surface area contributed by atoms with E-state index in [2.05, 4.69) is 85.3 Å². The first-order valence-electron chi connectivity index (χ1n) is 6.93.